The first-order chi connectivity index (χ1) is 12.6. The summed E-state index contributed by atoms with van der Waals surface area (Å²) < 4.78 is 11.5. The molecule has 5 heteroatoms. The normalized spacial score (nSPS) is 16.0. The van der Waals surface area contributed by atoms with Gasteiger partial charge in [-0.05, 0) is 24.6 Å². The van der Waals surface area contributed by atoms with Crippen molar-refractivity contribution in [2.45, 2.75) is 12.8 Å². The van der Waals surface area contributed by atoms with Gasteiger partial charge in [0.2, 0.25) is 5.88 Å². The van der Waals surface area contributed by atoms with E-state index in [9.17, 15) is 5.26 Å². The maximum atomic E-state index is 9.62. The predicted octanol–water partition coefficient (Wildman–Crippen LogP) is 5.13. The van der Waals surface area contributed by atoms with Crippen LogP contribution in [0.25, 0.3) is 11.3 Å². The molecular formula is C21H15ClN2O2. The van der Waals surface area contributed by atoms with Crippen molar-refractivity contribution in [2.75, 3.05) is 0 Å². The third-order valence-corrected chi connectivity index (χ3v) is 4.81. The average Bonchev–Trinajstić information content (AvgIpc) is 3.05. The number of benzene rings is 2. The summed E-state index contributed by atoms with van der Waals surface area (Å²) >= 11 is 6.39. The highest BCUT2D eigenvalue weighted by molar-refractivity contribution is 6.31. The van der Waals surface area contributed by atoms with Crippen molar-refractivity contribution in [3.05, 3.63) is 87.8 Å². The summed E-state index contributed by atoms with van der Waals surface area (Å²) in [6.07, 6.45) is 0. The lowest BCUT2D eigenvalue weighted by Gasteiger charge is -2.23. The molecule has 128 valence electrons. The summed E-state index contributed by atoms with van der Waals surface area (Å²) in [5.74, 6) is 0.552. The number of ether oxygens (including phenoxy) is 1. The molecule has 0 saturated carbocycles. The highest BCUT2D eigenvalue weighted by Crippen LogP contribution is 2.47. The van der Waals surface area contributed by atoms with Gasteiger partial charge >= 0.3 is 0 Å². The molecule has 1 aromatic heterocycles. The molecule has 0 amide bonds. The van der Waals surface area contributed by atoms with E-state index in [0.717, 1.165) is 22.3 Å². The minimum atomic E-state index is -0.430. The van der Waals surface area contributed by atoms with Crippen molar-refractivity contribution in [2.24, 2.45) is 5.73 Å². The number of allylic oxidation sites excluding steroid dienone is 1. The van der Waals surface area contributed by atoms with Gasteiger partial charge in [-0.2, -0.15) is 5.26 Å². The van der Waals surface area contributed by atoms with Crippen LogP contribution in [0.5, 0.6) is 5.95 Å². The zero-order chi connectivity index (χ0) is 18.3. The Hall–Kier alpha value is -3.16. The number of hydrogen-bond acceptors (Lipinski definition) is 4. The number of nitriles is 1. The Balaban J connectivity index is 1.88. The van der Waals surface area contributed by atoms with Crippen LogP contribution >= 0.6 is 11.6 Å². The summed E-state index contributed by atoms with van der Waals surface area (Å²) in [7, 11) is 0. The van der Waals surface area contributed by atoms with Gasteiger partial charge in [0.05, 0.1) is 11.5 Å². The Kier molecular flexibility index (Phi) is 3.95. The summed E-state index contributed by atoms with van der Waals surface area (Å²) in [6.45, 7) is 2.03. The fourth-order valence-corrected chi connectivity index (χ4v) is 3.38. The van der Waals surface area contributed by atoms with E-state index in [-0.39, 0.29) is 5.88 Å². The zero-order valence-electron chi connectivity index (χ0n) is 14.0. The molecule has 2 aromatic carbocycles. The van der Waals surface area contributed by atoms with Crippen LogP contribution in [0.15, 0.2) is 70.5 Å². The highest BCUT2D eigenvalue weighted by atomic mass is 35.5. The van der Waals surface area contributed by atoms with Crippen LogP contribution in [0.2, 0.25) is 5.02 Å². The smallest absolute Gasteiger partial charge is 0.296 e. The summed E-state index contributed by atoms with van der Waals surface area (Å²) in [5.41, 5.74) is 9.91. The molecule has 1 aliphatic heterocycles. The van der Waals surface area contributed by atoms with Crippen LogP contribution in [0.4, 0.5) is 0 Å². The molecule has 0 aliphatic carbocycles. The molecule has 1 atom stereocenters. The van der Waals surface area contributed by atoms with E-state index >= 15 is 0 Å². The first-order valence-corrected chi connectivity index (χ1v) is 8.49. The number of nitrogens with zero attached hydrogens (tertiary/aromatic N) is 1. The van der Waals surface area contributed by atoms with Gasteiger partial charge in [0.25, 0.3) is 5.95 Å². The van der Waals surface area contributed by atoms with Crippen molar-refractivity contribution in [1.29, 1.82) is 5.26 Å². The lowest BCUT2D eigenvalue weighted by atomic mass is 9.85. The van der Waals surface area contributed by atoms with Crippen molar-refractivity contribution in [3.63, 3.8) is 0 Å². The van der Waals surface area contributed by atoms with Gasteiger partial charge in [-0.1, -0.05) is 59.6 Å². The van der Waals surface area contributed by atoms with E-state index in [1.807, 2.05) is 55.5 Å². The lowest BCUT2D eigenvalue weighted by molar-refractivity contribution is 0.298. The summed E-state index contributed by atoms with van der Waals surface area (Å²) in [5, 5.41) is 10.2. The number of nitrogens with two attached hydrogens (primary N) is 1. The molecular weight excluding hydrogens is 348 g/mol. The first kappa shape index (κ1) is 16.3. The zero-order valence-corrected chi connectivity index (χ0v) is 14.7. The number of aryl methyl sites for hydroxylation is 1. The third kappa shape index (κ3) is 2.63. The minimum absolute atomic E-state index is 0.0368. The van der Waals surface area contributed by atoms with Crippen LogP contribution in [0.3, 0.4) is 0 Å². The molecule has 0 saturated heterocycles. The molecule has 2 N–H and O–H groups in total. The Morgan fingerprint density at radius 1 is 1.08 bits per heavy atom. The maximum absolute atomic E-state index is 9.62. The van der Waals surface area contributed by atoms with Crippen LogP contribution in [0, 0.1) is 18.3 Å². The van der Waals surface area contributed by atoms with Gasteiger partial charge in [-0.3, -0.25) is 0 Å². The Labute approximate surface area is 156 Å². The number of hydrogen-bond donors (Lipinski definition) is 1. The van der Waals surface area contributed by atoms with Crippen molar-refractivity contribution < 1.29 is 9.15 Å². The SMILES string of the molecule is Cc1ccc(-c2cc3c(o2)OC(N)=C(C#N)C3c2ccccc2Cl)cc1. The third-order valence-electron chi connectivity index (χ3n) is 4.47. The van der Waals surface area contributed by atoms with Crippen molar-refractivity contribution >= 4 is 11.6 Å². The van der Waals surface area contributed by atoms with E-state index in [1.165, 1.54) is 0 Å². The molecule has 0 spiro atoms. The van der Waals surface area contributed by atoms with Crippen LogP contribution in [-0.2, 0) is 0 Å². The number of furan rings is 1. The lowest BCUT2D eigenvalue weighted by Crippen LogP contribution is -2.20. The maximum Gasteiger partial charge on any atom is 0.296 e. The second-order valence-corrected chi connectivity index (χ2v) is 6.57. The second kappa shape index (κ2) is 6.29. The van der Waals surface area contributed by atoms with Gasteiger partial charge in [0.15, 0.2) is 0 Å². The fraction of sp³-hybridized carbons (Fsp3) is 0.0952. The molecule has 4 rings (SSSR count). The van der Waals surface area contributed by atoms with E-state index in [0.29, 0.717) is 22.3 Å². The molecule has 1 unspecified atom stereocenters. The van der Waals surface area contributed by atoms with Gasteiger partial charge in [-0.25, -0.2) is 0 Å². The highest BCUT2D eigenvalue weighted by Gasteiger charge is 2.35. The van der Waals surface area contributed by atoms with E-state index < -0.39 is 5.92 Å². The summed E-state index contributed by atoms with van der Waals surface area (Å²) in [4.78, 5) is 0. The number of fused-ring (bicyclic) bond motifs is 1. The Morgan fingerprint density at radius 2 is 1.81 bits per heavy atom. The monoisotopic (exact) mass is 362 g/mol. The largest absolute Gasteiger partial charge is 0.425 e. The minimum Gasteiger partial charge on any atom is -0.425 e. The molecule has 0 bridgehead atoms. The molecule has 1 aliphatic rings. The van der Waals surface area contributed by atoms with Gasteiger partial charge in [-0.15, -0.1) is 0 Å². The first-order valence-electron chi connectivity index (χ1n) is 8.11. The van der Waals surface area contributed by atoms with Crippen molar-refractivity contribution in [1.82, 2.24) is 0 Å². The molecule has 0 radical (unpaired) electrons. The standard InChI is InChI=1S/C21H15ClN2O2/c1-12-6-8-13(9-7-12)18-10-15-19(14-4-2-3-5-17(14)22)16(11-23)20(24)26-21(15)25-18/h2-10,19H,24H2,1H3. The quantitative estimate of drug-likeness (QED) is 0.686. The van der Waals surface area contributed by atoms with Crippen LogP contribution in [0.1, 0.15) is 22.6 Å². The van der Waals surface area contributed by atoms with Gasteiger partial charge in [0, 0.05) is 10.6 Å². The van der Waals surface area contributed by atoms with E-state index in [4.69, 9.17) is 26.5 Å². The van der Waals surface area contributed by atoms with Crippen LogP contribution < -0.4 is 10.5 Å². The van der Waals surface area contributed by atoms with Crippen LogP contribution in [-0.4, -0.2) is 0 Å². The fourth-order valence-electron chi connectivity index (χ4n) is 3.13. The summed E-state index contributed by atoms with van der Waals surface area (Å²) in [6, 6.07) is 19.4. The van der Waals surface area contributed by atoms with Gasteiger partial charge < -0.3 is 14.9 Å². The molecule has 0 fully saturated rings. The Bertz CT molecular complexity index is 1060. The van der Waals surface area contributed by atoms with E-state index in [1.54, 1.807) is 6.07 Å². The molecule has 3 aromatic rings. The van der Waals surface area contributed by atoms with E-state index in [2.05, 4.69) is 6.07 Å². The topological polar surface area (TPSA) is 72.2 Å². The molecule has 2 heterocycles. The second-order valence-electron chi connectivity index (χ2n) is 6.17. The Morgan fingerprint density at radius 3 is 2.50 bits per heavy atom. The molecule has 4 nitrogen and oxygen atoms in total. The molecule has 26 heavy (non-hydrogen) atoms. The number of halogens is 1. The predicted molar refractivity (Wildman–Crippen MR) is 99.6 cm³/mol. The number of rotatable bonds is 2. The average molecular weight is 363 g/mol. The van der Waals surface area contributed by atoms with Gasteiger partial charge in [0.1, 0.15) is 17.4 Å². The van der Waals surface area contributed by atoms with Crippen molar-refractivity contribution in [3.8, 4) is 23.3 Å².